The summed E-state index contributed by atoms with van der Waals surface area (Å²) in [5.74, 6) is 0.154. The molecule has 1 aromatic rings. The Bertz CT molecular complexity index is 763. The molecule has 3 rings (SSSR count). The molecule has 172 valence electrons. The molecule has 0 aliphatic carbocycles. The molecule has 2 aliphatic rings. The number of carbonyl (C=O) groups excluding carboxylic acids is 2. The maximum absolute atomic E-state index is 12.8. The molecule has 1 N–H and O–H groups in total. The van der Waals surface area contributed by atoms with Crippen LogP contribution in [-0.4, -0.2) is 85.2 Å². The molecule has 1 atom stereocenters. The number of urea groups is 1. The van der Waals surface area contributed by atoms with Crippen molar-refractivity contribution in [1.82, 2.24) is 14.7 Å². The van der Waals surface area contributed by atoms with E-state index < -0.39 is 0 Å². The third-order valence-corrected chi connectivity index (χ3v) is 6.63. The number of anilines is 1. The average molecular weight is 431 g/mol. The number of amides is 3. The van der Waals surface area contributed by atoms with Crippen LogP contribution in [0.4, 0.5) is 10.5 Å². The lowest BCUT2D eigenvalue weighted by Gasteiger charge is -2.44. The zero-order valence-electron chi connectivity index (χ0n) is 19.5. The summed E-state index contributed by atoms with van der Waals surface area (Å²) in [5, 5.41) is 3.04. The van der Waals surface area contributed by atoms with E-state index in [1.54, 1.807) is 11.8 Å². The number of likely N-dealkylation sites (tertiary alicyclic amines) is 1. The predicted molar refractivity (Wildman–Crippen MR) is 123 cm³/mol. The summed E-state index contributed by atoms with van der Waals surface area (Å²) < 4.78 is 5.58. The zero-order chi connectivity index (χ0) is 22.4. The minimum absolute atomic E-state index is 0.0899. The molecule has 2 saturated heterocycles. The van der Waals surface area contributed by atoms with Gasteiger partial charge in [-0.25, -0.2) is 4.79 Å². The lowest BCUT2D eigenvalue weighted by atomic mass is 9.98. The number of nitrogens with zero attached hydrogens (tertiary/aromatic N) is 3. The molecule has 1 aromatic carbocycles. The van der Waals surface area contributed by atoms with Crippen LogP contribution >= 0.6 is 0 Å². The van der Waals surface area contributed by atoms with Crippen LogP contribution in [0.2, 0.25) is 0 Å². The summed E-state index contributed by atoms with van der Waals surface area (Å²) in [5.41, 5.74) is 3.10. The highest BCUT2D eigenvalue weighted by Crippen LogP contribution is 2.23. The van der Waals surface area contributed by atoms with Crippen LogP contribution in [0.25, 0.3) is 0 Å². The Hall–Kier alpha value is -2.12. The Kier molecular flexibility index (Phi) is 8.32. The van der Waals surface area contributed by atoms with Crippen LogP contribution in [0, 0.1) is 13.8 Å². The molecule has 2 aliphatic heterocycles. The monoisotopic (exact) mass is 430 g/mol. The Morgan fingerprint density at radius 1 is 1.13 bits per heavy atom. The summed E-state index contributed by atoms with van der Waals surface area (Å²) >= 11 is 0. The van der Waals surface area contributed by atoms with Gasteiger partial charge in [0, 0.05) is 71.1 Å². The molecule has 3 amide bonds. The maximum atomic E-state index is 12.8. The molecule has 0 saturated carbocycles. The first kappa shape index (κ1) is 23.5. The van der Waals surface area contributed by atoms with Gasteiger partial charge in [-0.05, 0) is 51.2 Å². The van der Waals surface area contributed by atoms with Crippen molar-refractivity contribution in [2.24, 2.45) is 0 Å². The van der Waals surface area contributed by atoms with Gasteiger partial charge in [0.15, 0.2) is 0 Å². The number of ether oxygens (including phenoxy) is 1. The molecular weight excluding hydrogens is 392 g/mol. The summed E-state index contributed by atoms with van der Waals surface area (Å²) in [4.78, 5) is 31.0. The van der Waals surface area contributed by atoms with Gasteiger partial charge in [0.1, 0.15) is 0 Å². The van der Waals surface area contributed by atoms with Crippen molar-refractivity contribution in [3.05, 3.63) is 29.3 Å². The normalized spacial score (nSPS) is 20.0. The first-order chi connectivity index (χ1) is 14.8. The molecule has 1 unspecified atom stereocenters. The number of hydrogen-bond acceptors (Lipinski definition) is 4. The Morgan fingerprint density at radius 2 is 1.87 bits per heavy atom. The highest BCUT2D eigenvalue weighted by molar-refractivity contribution is 5.90. The fourth-order valence-corrected chi connectivity index (χ4v) is 4.72. The second-order valence-corrected chi connectivity index (χ2v) is 9.01. The second kappa shape index (κ2) is 11.0. The van der Waals surface area contributed by atoms with Crippen molar-refractivity contribution in [2.45, 2.75) is 58.5 Å². The van der Waals surface area contributed by atoms with Gasteiger partial charge in [-0.2, -0.15) is 0 Å². The van der Waals surface area contributed by atoms with Gasteiger partial charge in [0.25, 0.3) is 0 Å². The summed E-state index contributed by atoms with van der Waals surface area (Å²) in [6.45, 7) is 10.4. The van der Waals surface area contributed by atoms with Crippen LogP contribution in [0.15, 0.2) is 18.2 Å². The van der Waals surface area contributed by atoms with Crippen molar-refractivity contribution < 1.29 is 14.3 Å². The van der Waals surface area contributed by atoms with Gasteiger partial charge in [-0.3, -0.25) is 9.69 Å². The largest absolute Gasteiger partial charge is 0.381 e. The molecule has 0 spiro atoms. The number of hydrogen-bond donors (Lipinski definition) is 1. The topological polar surface area (TPSA) is 65.1 Å². The van der Waals surface area contributed by atoms with Crippen LogP contribution in [0.3, 0.4) is 0 Å². The summed E-state index contributed by atoms with van der Waals surface area (Å²) in [6, 6.07) is 6.75. The van der Waals surface area contributed by atoms with Gasteiger partial charge in [-0.1, -0.05) is 17.7 Å². The smallest absolute Gasteiger partial charge is 0.321 e. The third kappa shape index (κ3) is 6.43. The van der Waals surface area contributed by atoms with Gasteiger partial charge < -0.3 is 19.9 Å². The standard InChI is InChI=1S/C24H38N4O3/c1-18-7-8-23(19(2)16-18)25-24(30)26(4)12-13-28(21-9-14-31-15-10-21)22-6-5-11-27(17-22)20(3)29/h7-8,16,21-22H,5-6,9-15,17H2,1-4H3,(H,25,30). The SMILES string of the molecule is CC(=O)N1CCCC(N(CCN(C)C(=O)Nc2ccc(C)cc2C)C2CCOCC2)C1. The lowest BCUT2D eigenvalue weighted by Crippen LogP contribution is -2.55. The van der Waals surface area contributed by atoms with E-state index in [0.29, 0.717) is 18.6 Å². The molecule has 7 heteroatoms. The molecule has 31 heavy (non-hydrogen) atoms. The molecule has 2 fully saturated rings. The lowest BCUT2D eigenvalue weighted by molar-refractivity contribution is -0.131. The van der Waals surface area contributed by atoms with Gasteiger partial charge in [0.05, 0.1) is 0 Å². The molecular formula is C24H38N4O3. The Labute approximate surface area is 186 Å². The first-order valence-electron chi connectivity index (χ1n) is 11.5. The second-order valence-electron chi connectivity index (χ2n) is 9.01. The number of carbonyl (C=O) groups is 2. The van der Waals surface area contributed by atoms with Crippen LogP contribution < -0.4 is 5.32 Å². The average Bonchev–Trinajstić information content (AvgIpc) is 2.76. The highest BCUT2D eigenvalue weighted by Gasteiger charge is 2.32. The zero-order valence-corrected chi connectivity index (χ0v) is 19.5. The summed E-state index contributed by atoms with van der Waals surface area (Å²) in [7, 11) is 1.85. The van der Waals surface area contributed by atoms with E-state index in [9.17, 15) is 9.59 Å². The van der Waals surface area contributed by atoms with Gasteiger partial charge in [-0.15, -0.1) is 0 Å². The van der Waals surface area contributed by atoms with Crippen molar-refractivity contribution in [3.63, 3.8) is 0 Å². The minimum Gasteiger partial charge on any atom is -0.381 e. The fourth-order valence-electron chi connectivity index (χ4n) is 4.72. The van der Waals surface area contributed by atoms with Crippen molar-refractivity contribution >= 4 is 17.6 Å². The third-order valence-electron chi connectivity index (χ3n) is 6.63. The molecule has 0 bridgehead atoms. The number of aryl methyl sites for hydroxylation is 2. The van der Waals surface area contributed by atoms with E-state index >= 15 is 0 Å². The van der Waals surface area contributed by atoms with E-state index in [-0.39, 0.29) is 11.9 Å². The Balaban J connectivity index is 1.62. The van der Waals surface area contributed by atoms with Gasteiger partial charge >= 0.3 is 6.03 Å². The quantitative estimate of drug-likeness (QED) is 0.752. The van der Waals surface area contributed by atoms with Crippen molar-refractivity contribution in [3.8, 4) is 0 Å². The number of benzene rings is 1. The summed E-state index contributed by atoms with van der Waals surface area (Å²) in [6.07, 6.45) is 4.15. The maximum Gasteiger partial charge on any atom is 0.321 e. The number of likely N-dealkylation sites (N-methyl/N-ethyl adjacent to an activating group) is 1. The highest BCUT2D eigenvalue weighted by atomic mass is 16.5. The number of piperidine rings is 1. The predicted octanol–water partition coefficient (Wildman–Crippen LogP) is 3.26. The number of nitrogens with one attached hydrogen (secondary N) is 1. The van der Waals surface area contributed by atoms with Gasteiger partial charge in [0.2, 0.25) is 5.91 Å². The van der Waals surface area contributed by atoms with E-state index in [4.69, 9.17) is 4.74 Å². The van der Waals surface area contributed by atoms with E-state index in [2.05, 4.69) is 16.3 Å². The first-order valence-corrected chi connectivity index (χ1v) is 11.5. The van der Waals surface area contributed by atoms with E-state index in [1.807, 2.05) is 37.9 Å². The van der Waals surface area contributed by atoms with Crippen LogP contribution in [-0.2, 0) is 9.53 Å². The fraction of sp³-hybridized carbons (Fsp3) is 0.667. The van der Waals surface area contributed by atoms with Crippen molar-refractivity contribution in [2.75, 3.05) is 51.8 Å². The van der Waals surface area contributed by atoms with Crippen LogP contribution in [0.5, 0.6) is 0 Å². The van der Waals surface area contributed by atoms with E-state index in [1.165, 1.54) is 5.56 Å². The molecule has 0 aromatic heterocycles. The Morgan fingerprint density at radius 3 is 2.55 bits per heavy atom. The molecule has 7 nitrogen and oxygen atoms in total. The van der Waals surface area contributed by atoms with E-state index in [0.717, 1.165) is 69.8 Å². The minimum atomic E-state index is -0.0899. The molecule has 0 radical (unpaired) electrons. The van der Waals surface area contributed by atoms with Crippen LogP contribution in [0.1, 0.15) is 43.7 Å². The number of rotatable bonds is 6. The van der Waals surface area contributed by atoms with Crippen molar-refractivity contribution in [1.29, 1.82) is 0 Å². The molecule has 2 heterocycles.